The maximum absolute atomic E-state index is 5.46. The first-order chi connectivity index (χ1) is 13.3. The van der Waals surface area contributed by atoms with Crippen LogP contribution >= 0.6 is 0 Å². The normalized spacial score (nSPS) is 23.1. The molecule has 27 heavy (non-hydrogen) atoms. The number of guanidine groups is 1. The molecule has 1 aromatic rings. The number of hydrogen-bond acceptors (Lipinski definition) is 4. The second kappa shape index (κ2) is 8.83. The van der Waals surface area contributed by atoms with Gasteiger partial charge in [-0.3, -0.25) is 9.89 Å². The van der Waals surface area contributed by atoms with Crippen molar-refractivity contribution in [2.45, 2.75) is 57.5 Å². The van der Waals surface area contributed by atoms with E-state index >= 15 is 0 Å². The minimum atomic E-state index is 0.324. The molecule has 4 rings (SSSR count). The summed E-state index contributed by atoms with van der Waals surface area (Å²) in [5.41, 5.74) is 1.23. The number of likely N-dealkylation sites (tertiary alicyclic amines) is 1. The lowest BCUT2D eigenvalue weighted by molar-refractivity contribution is 0.174. The summed E-state index contributed by atoms with van der Waals surface area (Å²) in [6.45, 7) is 6.46. The average molecular weight is 373 g/mol. The number of nitrogens with zero attached hydrogens (tertiary/aromatic N) is 2. The largest absolute Gasteiger partial charge is 0.454 e. The van der Waals surface area contributed by atoms with Crippen molar-refractivity contribution in [3.05, 3.63) is 23.8 Å². The highest BCUT2D eigenvalue weighted by atomic mass is 16.7. The smallest absolute Gasteiger partial charge is 0.231 e. The molecule has 0 radical (unpaired) electrons. The van der Waals surface area contributed by atoms with E-state index in [9.17, 15) is 0 Å². The maximum Gasteiger partial charge on any atom is 0.231 e. The zero-order chi connectivity index (χ0) is 18.5. The second-order valence-electron chi connectivity index (χ2n) is 7.76. The average Bonchev–Trinajstić information content (AvgIpc) is 3.42. The summed E-state index contributed by atoms with van der Waals surface area (Å²) in [7, 11) is 0. The van der Waals surface area contributed by atoms with Crippen LogP contribution in [0.25, 0.3) is 0 Å². The molecule has 0 bridgehead atoms. The first-order valence-electron chi connectivity index (χ1n) is 10.5. The number of aliphatic imine (C=N–C) groups is 1. The Morgan fingerprint density at radius 3 is 2.89 bits per heavy atom. The molecule has 1 aromatic carbocycles. The van der Waals surface area contributed by atoms with Gasteiger partial charge in [-0.25, -0.2) is 0 Å². The predicted octanol–water partition coefficient (Wildman–Crippen LogP) is 2.53. The van der Waals surface area contributed by atoms with Gasteiger partial charge < -0.3 is 20.1 Å². The van der Waals surface area contributed by atoms with E-state index in [-0.39, 0.29) is 0 Å². The van der Waals surface area contributed by atoms with Crippen LogP contribution in [0.3, 0.4) is 0 Å². The number of nitrogens with one attached hydrogen (secondary N) is 2. The third-order valence-corrected chi connectivity index (χ3v) is 5.85. The minimum absolute atomic E-state index is 0.324. The Kier molecular flexibility index (Phi) is 6.02. The molecule has 6 heteroatoms. The third-order valence-electron chi connectivity index (χ3n) is 5.85. The lowest BCUT2D eigenvalue weighted by atomic mass is 10.1. The summed E-state index contributed by atoms with van der Waals surface area (Å²) in [5.74, 6) is 2.63. The van der Waals surface area contributed by atoms with Crippen LogP contribution in [-0.4, -0.2) is 55.9 Å². The molecule has 148 valence electrons. The third kappa shape index (κ3) is 4.67. The number of hydrogen-bond donors (Lipinski definition) is 2. The fraction of sp³-hybridized carbons (Fsp3) is 0.667. The number of benzene rings is 1. The van der Waals surface area contributed by atoms with E-state index in [0.29, 0.717) is 12.8 Å². The highest BCUT2D eigenvalue weighted by Crippen LogP contribution is 2.32. The second-order valence-corrected chi connectivity index (χ2v) is 7.76. The molecule has 1 unspecified atom stereocenters. The van der Waals surface area contributed by atoms with Crippen molar-refractivity contribution in [3.8, 4) is 11.5 Å². The van der Waals surface area contributed by atoms with Gasteiger partial charge in [0.1, 0.15) is 0 Å². The summed E-state index contributed by atoms with van der Waals surface area (Å²) >= 11 is 0. The molecule has 1 aliphatic carbocycles. The molecule has 0 aromatic heterocycles. The maximum atomic E-state index is 5.46. The molecular weight excluding hydrogens is 340 g/mol. The molecule has 2 aliphatic heterocycles. The van der Waals surface area contributed by atoms with Gasteiger partial charge in [-0.1, -0.05) is 18.9 Å². The Morgan fingerprint density at radius 1 is 1.19 bits per heavy atom. The summed E-state index contributed by atoms with van der Waals surface area (Å²) in [6.07, 6.45) is 7.69. The predicted molar refractivity (Wildman–Crippen MR) is 108 cm³/mol. The molecule has 1 saturated carbocycles. The van der Waals surface area contributed by atoms with E-state index < -0.39 is 0 Å². The minimum Gasteiger partial charge on any atom is -0.454 e. The van der Waals surface area contributed by atoms with Crippen LogP contribution in [0.1, 0.15) is 44.6 Å². The quantitative estimate of drug-likeness (QED) is 0.594. The Balaban J connectivity index is 1.28. The Bertz CT molecular complexity index is 658. The molecule has 0 amide bonds. The van der Waals surface area contributed by atoms with Gasteiger partial charge in [0.2, 0.25) is 6.79 Å². The molecule has 1 saturated heterocycles. The molecular formula is C21H32N4O2. The zero-order valence-corrected chi connectivity index (χ0v) is 16.4. The van der Waals surface area contributed by atoms with Crippen molar-refractivity contribution in [2.24, 2.45) is 4.99 Å². The number of ether oxygens (including phenoxy) is 2. The van der Waals surface area contributed by atoms with E-state index in [1.807, 2.05) is 6.07 Å². The van der Waals surface area contributed by atoms with Crippen LogP contribution in [0, 0.1) is 0 Å². The summed E-state index contributed by atoms with van der Waals surface area (Å²) < 4.78 is 10.8. The van der Waals surface area contributed by atoms with Crippen LogP contribution < -0.4 is 20.1 Å². The van der Waals surface area contributed by atoms with Crippen LogP contribution in [0.4, 0.5) is 0 Å². The fourth-order valence-corrected chi connectivity index (χ4v) is 4.41. The Morgan fingerprint density at radius 2 is 2.04 bits per heavy atom. The number of fused-ring (bicyclic) bond motifs is 1. The Hall–Kier alpha value is -1.95. The van der Waals surface area contributed by atoms with Crippen LogP contribution in [0.5, 0.6) is 11.5 Å². The van der Waals surface area contributed by atoms with Gasteiger partial charge in [0.15, 0.2) is 17.5 Å². The molecule has 3 aliphatic rings. The molecule has 2 fully saturated rings. The van der Waals surface area contributed by atoms with Gasteiger partial charge in [-0.15, -0.1) is 0 Å². The van der Waals surface area contributed by atoms with Gasteiger partial charge >= 0.3 is 0 Å². The monoisotopic (exact) mass is 372 g/mol. The van der Waals surface area contributed by atoms with Crippen molar-refractivity contribution in [3.63, 3.8) is 0 Å². The van der Waals surface area contributed by atoms with Gasteiger partial charge in [-0.2, -0.15) is 0 Å². The van der Waals surface area contributed by atoms with Gasteiger partial charge in [0.25, 0.3) is 0 Å². The lowest BCUT2D eigenvalue weighted by Crippen LogP contribution is -2.45. The number of rotatable bonds is 6. The van der Waals surface area contributed by atoms with Crippen molar-refractivity contribution < 1.29 is 9.47 Å². The van der Waals surface area contributed by atoms with Crippen LogP contribution in [0.2, 0.25) is 0 Å². The van der Waals surface area contributed by atoms with Crippen molar-refractivity contribution in [2.75, 3.05) is 33.0 Å². The van der Waals surface area contributed by atoms with E-state index in [1.165, 1.54) is 44.2 Å². The summed E-state index contributed by atoms with van der Waals surface area (Å²) in [5, 5.41) is 7.05. The molecule has 6 nitrogen and oxygen atoms in total. The van der Waals surface area contributed by atoms with Crippen molar-refractivity contribution in [1.82, 2.24) is 15.5 Å². The van der Waals surface area contributed by atoms with E-state index in [2.05, 4.69) is 34.6 Å². The first-order valence-corrected chi connectivity index (χ1v) is 10.5. The highest BCUT2D eigenvalue weighted by Gasteiger charge is 2.30. The molecule has 1 atom stereocenters. The summed E-state index contributed by atoms with van der Waals surface area (Å²) in [6, 6.07) is 7.48. The molecule has 0 spiro atoms. The molecule has 2 heterocycles. The summed E-state index contributed by atoms with van der Waals surface area (Å²) in [4.78, 5) is 7.47. The topological polar surface area (TPSA) is 58.1 Å². The van der Waals surface area contributed by atoms with E-state index in [4.69, 9.17) is 14.5 Å². The van der Waals surface area contributed by atoms with Crippen molar-refractivity contribution >= 4 is 5.96 Å². The van der Waals surface area contributed by atoms with E-state index in [1.54, 1.807) is 0 Å². The first kappa shape index (κ1) is 18.4. The van der Waals surface area contributed by atoms with Gasteiger partial charge in [0.05, 0.1) is 0 Å². The zero-order valence-electron chi connectivity index (χ0n) is 16.4. The van der Waals surface area contributed by atoms with Crippen LogP contribution in [-0.2, 0) is 6.42 Å². The fourth-order valence-electron chi connectivity index (χ4n) is 4.41. The van der Waals surface area contributed by atoms with Gasteiger partial charge in [0, 0.05) is 38.3 Å². The van der Waals surface area contributed by atoms with Crippen LogP contribution in [0.15, 0.2) is 23.2 Å². The Labute approximate surface area is 162 Å². The van der Waals surface area contributed by atoms with Crippen molar-refractivity contribution in [1.29, 1.82) is 0 Å². The molecule has 2 N–H and O–H groups in total. The van der Waals surface area contributed by atoms with E-state index in [0.717, 1.165) is 49.6 Å². The van der Waals surface area contributed by atoms with Gasteiger partial charge in [-0.05, 0) is 50.3 Å². The SMILES string of the molecule is CCNC(=NCCc1ccc2c(c1)OCO2)NC1CCN(C2CCCC2)C1. The highest BCUT2D eigenvalue weighted by molar-refractivity contribution is 5.80. The standard InChI is InChI=1S/C21H32N4O2/c1-2-22-21(24-17-10-12-25(14-17)18-5-3-4-6-18)23-11-9-16-7-8-19-20(13-16)27-15-26-19/h7-8,13,17-18H,2-6,9-12,14-15H2,1H3,(H2,22,23,24). The lowest BCUT2D eigenvalue weighted by Gasteiger charge is -2.24.